The molecule has 110 valence electrons. The molecule has 2 N–H and O–H groups in total. The molecule has 1 aromatic rings. The Bertz CT molecular complexity index is 444. The van der Waals surface area contributed by atoms with E-state index < -0.39 is 24.0 Å². The molecule has 0 radical (unpaired) electrons. The van der Waals surface area contributed by atoms with Crippen LogP contribution in [0.4, 0.5) is 0 Å². The molecular formula is C15H21NO4. The lowest BCUT2D eigenvalue weighted by Gasteiger charge is -2.20. The summed E-state index contributed by atoms with van der Waals surface area (Å²) in [5.41, 5.74) is 0.484. The van der Waals surface area contributed by atoms with Crippen LogP contribution in [0.5, 0.6) is 0 Å². The van der Waals surface area contributed by atoms with E-state index in [4.69, 9.17) is 0 Å². The van der Waals surface area contributed by atoms with Crippen molar-refractivity contribution in [1.82, 2.24) is 5.32 Å². The number of methoxy groups -OCH3 is 1. The maximum absolute atomic E-state index is 12.0. The number of hydrogen-bond donors (Lipinski definition) is 2. The van der Waals surface area contributed by atoms with Crippen LogP contribution in [-0.2, 0) is 14.3 Å². The quantitative estimate of drug-likeness (QED) is 0.772. The van der Waals surface area contributed by atoms with E-state index in [1.165, 1.54) is 7.11 Å². The first kappa shape index (κ1) is 16.2. The molecule has 0 heterocycles. The number of ether oxygens (including phenoxy) is 1. The van der Waals surface area contributed by atoms with Crippen molar-refractivity contribution in [2.75, 3.05) is 7.11 Å². The van der Waals surface area contributed by atoms with Gasteiger partial charge in [0.25, 0.3) is 5.91 Å². The molecule has 0 aromatic heterocycles. The summed E-state index contributed by atoms with van der Waals surface area (Å²) in [5.74, 6) is -0.896. The minimum Gasteiger partial charge on any atom is -0.467 e. The van der Waals surface area contributed by atoms with Crippen LogP contribution in [0.25, 0.3) is 0 Å². The van der Waals surface area contributed by atoms with Crippen LogP contribution in [0.3, 0.4) is 0 Å². The predicted molar refractivity (Wildman–Crippen MR) is 74.8 cm³/mol. The van der Waals surface area contributed by atoms with Gasteiger partial charge in [-0.25, -0.2) is 4.79 Å². The summed E-state index contributed by atoms with van der Waals surface area (Å²) in [4.78, 5) is 23.6. The molecule has 5 heteroatoms. The van der Waals surface area contributed by atoms with E-state index in [1.54, 1.807) is 30.3 Å². The van der Waals surface area contributed by atoms with E-state index in [9.17, 15) is 14.7 Å². The van der Waals surface area contributed by atoms with Crippen LogP contribution in [0.1, 0.15) is 31.9 Å². The highest BCUT2D eigenvalue weighted by Gasteiger charge is 2.26. The second kappa shape index (κ2) is 7.65. The summed E-state index contributed by atoms with van der Waals surface area (Å²) < 4.78 is 4.66. The summed E-state index contributed by atoms with van der Waals surface area (Å²) in [6.45, 7) is 3.88. The number of esters is 1. The Morgan fingerprint density at radius 2 is 1.85 bits per heavy atom. The van der Waals surface area contributed by atoms with E-state index >= 15 is 0 Å². The first-order valence-electron chi connectivity index (χ1n) is 6.57. The van der Waals surface area contributed by atoms with E-state index in [2.05, 4.69) is 10.1 Å². The number of carbonyl (C=O) groups is 2. The summed E-state index contributed by atoms with van der Waals surface area (Å²) in [6, 6.07) is 7.82. The molecule has 0 aliphatic carbocycles. The fourth-order valence-electron chi connectivity index (χ4n) is 1.87. The largest absolute Gasteiger partial charge is 0.467 e. The SMILES string of the molecule is COC(=O)[C@H](CC(C)C)NC(=O)[C@@H](O)c1ccccc1. The molecule has 0 saturated heterocycles. The summed E-state index contributed by atoms with van der Waals surface area (Å²) in [7, 11) is 1.27. The summed E-state index contributed by atoms with van der Waals surface area (Å²) in [5, 5.41) is 12.5. The molecule has 1 rings (SSSR count). The molecular weight excluding hydrogens is 258 g/mol. The van der Waals surface area contributed by atoms with Gasteiger partial charge in [-0.1, -0.05) is 44.2 Å². The standard InChI is InChI=1S/C15H21NO4/c1-10(2)9-12(15(19)20-3)16-14(18)13(17)11-7-5-4-6-8-11/h4-8,10,12-13,17H,9H2,1-3H3,(H,16,18)/t12-,13-/m0/s1. The molecule has 1 aromatic carbocycles. The molecule has 1 amide bonds. The maximum atomic E-state index is 12.0. The van der Waals surface area contributed by atoms with Gasteiger partial charge in [-0.3, -0.25) is 4.79 Å². The third-order valence-corrected chi connectivity index (χ3v) is 2.87. The highest BCUT2D eigenvalue weighted by molar-refractivity contribution is 5.87. The normalized spacial score (nSPS) is 13.7. The topological polar surface area (TPSA) is 75.6 Å². The van der Waals surface area contributed by atoms with Crippen molar-refractivity contribution in [2.45, 2.75) is 32.4 Å². The van der Waals surface area contributed by atoms with Gasteiger partial charge in [0.15, 0.2) is 6.10 Å². The highest BCUT2D eigenvalue weighted by atomic mass is 16.5. The molecule has 0 saturated carbocycles. The lowest BCUT2D eigenvalue weighted by atomic mass is 10.0. The average Bonchev–Trinajstić information content (AvgIpc) is 2.45. The van der Waals surface area contributed by atoms with Crippen molar-refractivity contribution >= 4 is 11.9 Å². The monoisotopic (exact) mass is 279 g/mol. The third-order valence-electron chi connectivity index (χ3n) is 2.87. The Kier molecular flexibility index (Phi) is 6.18. The molecule has 5 nitrogen and oxygen atoms in total. The number of carbonyl (C=O) groups excluding carboxylic acids is 2. The van der Waals surface area contributed by atoms with Gasteiger partial charge in [0, 0.05) is 0 Å². The Labute approximate surface area is 118 Å². The number of aliphatic hydroxyl groups is 1. The van der Waals surface area contributed by atoms with Crippen LogP contribution >= 0.6 is 0 Å². The first-order chi connectivity index (χ1) is 9.45. The van der Waals surface area contributed by atoms with Gasteiger partial charge in [0.05, 0.1) is 7.11 Å². The second-order valence-corrected chi connectivity index (χ2v) is 5.03. The number of rotatable bonds is 6. The van der Waals surface area contributed by atoms with Gasteiger partial charge in [0.1, 0.15) is 6.04 Å². The van der Waals surface area contributed by atoms with Crippen LogP contribution < -0.4 is 5.32 Å². The zero-order valence-electron chi connectivity index (χ0n) is 12.0. The molecule has 0 spiro atoms. The lowest BCUT2D eigenvalue weighted by Crippen LogP contribution is -2.44. The zero-order chi connectivity index (χ0) is 15.1. The van der Waals surface area contributed by atoms with Crippen molar-refractivity contribution in [3.8, 4) is 0 Å². The van der Waals surface area contributed by atoms with Crippen molar-refractivity contribution in [1.29, 1.82) is 0 Å². The van der Waals surface area contributed by atoms with E-state index in [0.29, 0.717) is 12.0 Å². The second-order valence-electron chi connectivity index (χ2n) is 5.03. The van der Waals surface area contributed by atoms with Gasteiger partial charge in [-0.05, 0) is 17.9 Å². The van der Waals surface area contributed by atoms with E-state index in [1.807, 2.05) is 13.8 Å². The van der Waals surface area contributed by atoms with Crippen molar-refractivity contribution < 1.29 is 19.4 Å². The molecule has 0 fully saturated rings. The maximum Gasteiger partial charge on any atom is 0.328 e. The minimum atomic E-state index is -1.30. The van der Waals surface area contributed by atoms with Gasteiger partial charge in [-0.2, -0.15) is 0 Å². The third kappa shape index (κ3) is 4.66. The summed E-state index contributed by atoms with van der Waals surface area (Å²) in [6.07, 6.45) is -0.838. The van der Waals surface area contributed by atoms with Crippen molar-refractivity contribution in [3.63, 3.8) is 0 Å². The predicted octanol–water partition coefficient (Wildman–Crippen LogP) is 1.42. The van der Waals surface area contributed by atoms with E-state index in [0.717, 1.165) is 0 Å². The number of nitrogens with one attached hydrogen (secondary N) is 1. The van der Waals surface area contributed by atoms with Gasteiger partial charge >= 0.3 is 5.97 Å². The molecule has 0 unspecified atom stereocenters. The molecule has 0 aliphatic heterocycles. The smallest absolute Gasteiger partial charge is 0.328 e. The first-order valence-corrected chi connectivity index (χ1v) is 6.57. The van der Waals surface area contributed by atoms with Crippen molar-refractivity contribution in [3.05, 3.63) is 35.9 Å². The van der Waals surface area contributed by atoms with Crippen LogP contribution in [0.2, 0.25) is 0 Å². The summed E-state index contributed by atoms with van der Waals surface area (Å²) >= 11 is 0. The number of hydrogen-bond acceptors (Lipinski definition) is 4. The van der Waals surface area contributed by atoms with Crippen molar-refractivity contribution in [2.24, 2.45) is 5.92 Å². The van der Waals surface area contributed by atoms with Crippen LogP contribution in [-0.4, -0.2) is 30.1 Å². The molecule has 0 bridgehead atoms. The van der Waals surface area contributed by atoms with Crippen LogP contribution in [0, 0.1) is 5.92 Å². The fourth-order valence-corrected chi connectivity index (χ4v) is 1.87. The molecule has 20 heavy (non-hydrogen) atoms. The zero-order valence-corrected chi connectivity index (χ0v) is 12.0. The van der Waals surface area contributed by atoms with Gasteiger partial charge < -0.3 is 15.2 Å². The number of amides is 1. The Hall–Kier alpha value is -1.88. The molecule has 2 atom stereocenters. The fraction of sp³-hybridized carbons (Fsp3) is 0.467. The Morgan fingerprint density at radius 1 is 1.25 bits per heavy atom. The lowest BCUT2D eigenvalue weighted by molar-refractivity contribution is -0.146. The molecule has 0 aliphatic rings. The minimum absolute atomic E-state index is 0.216. The van der Waals surface area contributed by atoms with E-state index in [-0.39, 0.29) is 5.92 Å². The van der Waals surface area contributed by atoms with Gasteiger partial charge in [-0.15, -0.1) is 0 Å². The highest BCUT2D eigenvalue weighted by Crippen LogP contribution is 2.13. The average molecular weight is 279 g/mol. The number of benzene rings is 1. The van der Waals surface area contributed by atoms with Gasteiger partial charge in [0.2, 0.25) is 0 Å². The Balaban J connectivity index is 2.72. The Morgan fingerprint density at radius 3 is 2.35 bits per heavy atom. The number of aliphatic hydroxyl groups excluding tert-OH is 1. The van der Waals surface area contributed by atoms with Crippen LogP contribution in [0.15, 0.2) is 30.3 Å².